The summed E-state index contributed by atoms with van der Waals surface area (Å²) in [6, 6.07) is 0. The molecule has 0 unspecified atom stereocenters. The Bertz CT molecular complexity index is 167. The van der Waals surface area contributed by atoms with E-state index in [1.807, 2.05) is 0 Å². The van der Waals surface area contributed by atoms with Gasteiger partial charge in [-0.1, -0.05) is 0 Å². The van der Waals surface area contributed by atoms with Crippen molar-refractivity contribution in [3.8, 4) is 0 Å². The Morgan fingerprint density at radius 3 is 3.50 bits per heavy atom. The van der Waals surface area contributed by atoms with Crippen molar-refractivity contribution in [2.24, 2.45) is 5.92 Å². The number of hydrogen-bond donors (Lipinski definition) is 1. The number of nitrogens with one attached hydrogen (secondary N) is 1. The van der Waals surface area contributed by atoms with Crippen molar-refractivity contribution in [3.05, 3.63) is 12.0 Å². The molecule has 0 bridgehead atoms. The summed E-state index contributed by atoms with van der Waals surface area (Å²) >= 11 is 0. The van der Waals surface area contributed by atoms with Crippen LogP contribution in [0, 0.1) is 5.92 Å². The van der Waals surface area contributed by atoms with Crippen molar-refractivity contribution in [1.82, 2.24) is 5.48 Å². The molecule has 0 saturated carbocycles. The van der Waals surface area contributed by atoms with Crippen LogP contribution in [-0.4, -0.2) is 12.7 Å². The molecule has 2 aliphatic heterocycles. The number of hydroxylamine groups is 1. The fourth-order valence-corrected chi connectivity index (χ4v) is 1.36. The lowest BCUT2D eigenvalue weighted by Crippen LogP contribution is -2.20. The molecule has 2 atom stereocenters. The van der Waals surface area contributed by atoms with Crippen molar-refractivity contribution in [3.63, 3.8) is 0 Å². The second kappa shape index (κ2) is 2.16. The molecular formula is C7H11NO2. The standard InChI is InChI=1S/C7H11NO2/c1-5-2-6-3-10-8-7(6)4-9-5/h4-6,8H,2-3H2,1H3/t5-,6-/m0/s1. The Morgan fingerprint density at radius 2 is 2.60 bits per heavy atom. The van der Waals surface area contributed by atoms with Crippen LogP contribution >= 0.6 is 0 Å². The fourth-order valence-electron chi connectivity index (χ4n) is 1.36. The van der Waals surface area contributed by atoms with Crippen LogP contribution in [0.4, 0.5) is 0 Å². The lowest BCUT2D eigenvalue weighted by atomic mass is 9.99. The summed E-state index contributed by atoms with van der Waals surface area (Å²) in [6.45, 7) is 2.87. The summed E-state index contributed by atoms with van der Waals surface area (Å²) in [6.07, 6.45) is 3.18. The molecule has 0 spiro atoms. The topological polar surface area (TPSA) is 30.5 Å². The van der Waals surface area contributed by atoms with Gasteiger partial charge in [0.25, 0.3) is 0 Å². The van der Waals surface area contributed by atoms with Crippen molar-refractivity contribution >= 4 is 0 Å². The van der Waals surface area contributed by atoms with Gasteiger partial charge < -0.3 is 4.74 Å². The first kappa shape index (κ1) is 6.04. The predicted molar refractivity (Wildman–Crippen MR) is 35.8 cm³/mol. The second-order valence-electron chi connectivity index (χ2n) is 2.87. The second-order valence-corrected chi connectivity index (χ2v) is 2.87. The average molecular weight is 141 g/mol. The summed E-state index contributed by atoms with van der Waals surface area (Å²) < 4.78 is 5.29. The molecule has 0 aromatic carbocycles. The molecule has 2 rings (SSSR count). The van der Waals surface area contributed by atoms with Gasteiger partial charge in [0.2, 0.25) is 0 Å². The lowest BCUT2D eigenvalue weighted by Gasteiger charge is -2.20. The van der Waals surface area contributed by atoms with Crippen LogP contribution in [-0.2, 0) is 9.57 Å². The van der Waals surface area contributed by atoms with E-state index in [0.29, 0.717) is 12.0 Å². The van der Waals surface area contributed by atoms with Crippen molar-refractivity contribution < 1.29 is 9.57 Å². The quantitative estimate of drug-likeness (QED) is 0.541. The Hall–Kier alpha value is -0.700. The van der Waals surface area contributed by atoms with Crippen LogP contribution in [0.5, 0.6) is 0 Å². The molecule has 3 heteroatoms. The van der Waals surface area contributed by atoms with Crippen LogP contribution in [0.2, 0.25) is 0 Å². The number of fused-ring (bicyclic) bond motifs is 1. The minimum Gasteiger partial charge on any atom is -0.496 e. The molecule has 0 radical (unpaired) electrons. The highest BCUT2D eigenvalue weighted by Gasteiger charge is 2.27. The summed E-state index contributed by atoms with van der Waals surface area (Å²) in [5.41, 5.74) is 3.91. The first-order valence-corrected chi connectivity index (χ1v) is 3.59. The smallest absolute Gasteiger partial charge is 0.105 e. The van der Waals surface area contributed by atoms with Crippen LogP contribution in [0.3, 0.4) is 0 Å². The van der Waals surface area contributed by atoms with Crippen molar-refractivity contribution in [2.45, 2.75) is 19.4 Å². The third-order valence-corrected chi connectivity index (χ3v) is 1.96. The van der Waals surface area contributed by atoms with Crippen LogP contribution in [0.1, 0.15) is 13.3 Å². The fraction of sp³-hybridized carbons (Fsp3) is 0.714. The summed E-state index contributed by atoms with van der Waals surface area (Å²) in [5.74, 6) is 0.545. The Morgan fingerprint density at radius 1 is 1.70 bits per heavy atom. The van der Waals surface area contributed by atoms with E-state index in [0.717, 1.165) is 18.7 Å². The molecular weight excluding hydrogens is 130 g/mol. The van der Waals surface area contributed by atoms with E-state index in [1.54, 1.807) is 6.26 Å². The van der Waals surface area contributed by atoms with Gasteiger partial charge in [0, 0.05) is 5.92 Å². The van der Waals surface area contributed by atoms with E-state index >= 15 is 0 Å². The maximum absolute atomic E-state index is 5.29. The lowest BCUT2D eigenvalue weighted by molar-refractivity contribution is 0.0962. The van der Waals surface area contributed by atoms with Gasteiger partial charge in [0.1, 0.15) is 6.26 Å². The predicted octanol–water partition coefficient (Wildman–Crippen LogP) is 0.788. The third-order valence-electron chi connectivity index (χ3n) is 1.96. The van der Waals surface area contributed by atoms with Crippen LogP contribution < -0.4 is 5.48 Å². The minimum atomic E-state index is 0.345. The molecule has 3 nitrogen and oxygen atoms in total. The molecule has 10 heavy (non-hydrogen) atoms. The molecule has 2 heterocycles. The first-order valence-electron chi connectivity index (χ1n) is 3.59. The number of ether oxygens (including phenoxy) is 1. The zero-order valence-electron chi connectivity index (χ0n) is 5.96. The van der Waals surface area contributed by atoms with E-state index in [-0.39, 0.29) is 0 Å². The molecule has 1 saturated heterocycles. The van der Waals surface area contributed by atoms with Crippen molar-refractivity contribution in [1.29, 1.82) is 0 Å². The number of hydrogen-bond acceptors (Lipinski definition) is 3. The van der Waals surface area contributed by atoms with Gasteiger partial charge >= 0.3 is 0 Å². The maximum atomic E-state index is 5.29. The van der Waals surface area contributed by atoms with Gasteiger partial charge in [-0.25, -0.2) is 0 Å². The SMILES string of the molecule is C[C@H]1C[C@H]2CONC2=CO1. The monoisotopic (exact) mass is 141 g/mol. The van der Waals surface area contributed by atoms with Gasteiger partial charge in [0.05, 0.1) is 18.4 Å². The normalized spacial score (nSPS) is 37.5. The minimum absolute atomic E-state index is 0.345. The van der Waals surface area contributed by atoms with E-state index in [4.69, 9.17) is 9.57 Å². The zero-order valence-corrected chi connectivity index (χ0v) is 5.96. The summed E-state index contributed by atoms with van der Waals surface area (Å²) in [5, 5.41) is 0. The van der Waals surface area contributed by atoms with Crippen LogP contribution in [0.25, 0.3) is 0 Å². The van der Waals surface area contributed by atoms with Crippen LogP contribution in [0.15, 0.2) is 12.0 Å². The maximum Gasteiger partial charge on any atom is 0.105 e. The van der Waals surface area contributed by atoms with E-state index < -0.39 is 0 Å². The van der Waals surface area contributed by atoms with Crippen molar-refractivity contribution in [2.75, 3.05) is 6.61 Å². The van der Waals surface area contributed by atoms with Gasteiger partial charge in [-0.05, 0) is 13.3 Å². The summed E-state index contributed by atoms with van der Waals surface area (Å²) in [7, 11) is 0. The van der Waals surface area contributed by atoms with Gasteiger partial charge in [-0.15, -0.1) is 0 Å². The highest BCUT2D eigenvalue weighted by atomic mass is 16.7. The molecule has 0 aliphatic carbocycles. The third kappa shape index (κ3) is 0.865. The first-order chi connectivity index (χ1) is 4.86. The Kier molecular flexibility index (Phi) is 1.31. The van der Waals surface area contributed by atoms with E-state index in [1.165, 1.54) is 0 Å². The Balaban J connectivity index is 2.12. The molecule has 2 aliphatic rings. The molecule has 1 fully saturated rings. The Labute approximate surface area is 60.0 Å². The summed E-state index contributed by atoms with van der Waals surface area (Å²) in [4.78, 5) is 5.04. The molecule has 0 amide bonds. The van der Waals surface area contributed by atoms with E-state index in [9.17, 15) is 0 Å². The van der Waals surface area contributed by atoms with Gasteiger partial charge in [-0.3, -0.25) is 10.3 Å². The van der Waals surface area contributed by atoms with E-state index in [2.05, 4.69) is 12.4 Å². The highest BCUT2D eigenvalue weighted by Crippen LogP contribution is 2.26. The molecule has 0 aromatic heterocycles. The highest BCUT2D eigenvalue weighted by molar-refractivity contribution is 5.05. The zero-order chi connectivity index (χ0) is 6.97. The molecule has 56 valence electrons. The average Bonchev–Trinajstić information content (AvgIpc) is 2.33. The van der Waals surface area contributed by atoms with Gasteiger partial charge in [-0.2, -0.15) is 0 Å². The largest absolute Gasteiger partial charge is 0.496 e. The molecule has 0 aromatic rings. The van der Waals surface area contributed by atoms with Gasteiger partial charge in [0.15, 0.2) is 0 Å². The molecule has 1 N–H and O–H groups in total. The number of rotatable bonds is 0.